The van der Waals surface area contributed by atoms with E-state index in [1.807, 2.05) is 0 Å². The molecule has 0 N–H and O–H groups in total. The van der Waals surface area contributed by atoms with E-state index in [0.717, 1.165) is 4.90 Å². The second kappa shape index (κ2) is 5.46. The van der Waals surface area contributed by atoms with E-state index < -0.39 is 11.8 Å². The number of hydrogen-bond acceptors (Lipinski definition) is 3. The van der Waals surface area contributed by atoms with Gasteiger partial charge < -0.3 is 9.64 Å². The van der Waals surface area contributed by atoms with Gasteiger partial charge in [-0.2, -0.15) is 8.78 Å². The molecular weight excluding hydrogens is 260 g/mol. The van der Waals surface area contributed by atoms with Gasteiger partial charge in [-0.25, -0.2) is 0 Å². The van der Waals surface area contributed by atoms with Crippen LogP contribution >= 0.6 is 11.3 Å². The van der Waals surface area contributed by atoms with Crippen molar-refractivity contribution in [3.63, 3.8) is 0 Å². The maximum Gasteiger partial charge on any atom is 0.385 e. The smallest absolute Gasteiger partial charge is 0.378 e. The molecule has 0 radical (unpaired) electrons. The van der Waals surface area contributed by atoms with Crippen LogP contribution in [0.25, 0.3) is 0 Å². The van der Waals surface area contributed by atoms with Gasteiger partial charge >= 0.3 is 11.8 Å². The minimum Gasteiger partial charge on any atom is -0.378 e. The third-order valence-corrected chi connectivity index (χ3v) is 3.22. The molecule has 1 amide bonds. The highest BCUT2D eigenvalue weighted by atomic mass is 32.1. The molecule has 2 rings (SSSR count). The number of ether oxygens (including phenoxy) is 1. The summed E-state index contributed by atoms with van der Waals surface area (Å²) in [5.74, 6) is -0.800. The zero-order chi connectivity index (χ0) is 13.0. The molecule has 0 aliphatic carbocycles. The van der Waals surface area contributed by atoms with Crippen LogP contribution in [-0.2, 0) is 9.53 Å². The van der Waals surface area contributed by atoms with Crippen molar-refractivity contribution in [1.82, 2.24) is 4.90 Å². The van der Waals surface area contributed by atoms with Crippen molar-refractivity contribution in [2.75, 3.05) is 26.3 Å². The Hall–Kier alpha value is -1.45. The molecule has 0 saturated carbocycles. The van der Waals surface area contributed by atoms with Crippen LogP contribution in [0.2, 0.25) is 0 Å². The molecule has 0 bridgehead atoms. The standard InChI is InChI=1S/C12H11F2NO2S/c13-12(14,4-3-10-2-1-9-18-10)11(16)15-5-7-17-8-6-15/h1-2,9H,5-8H2. The van der Waals surface area contributed by atoms with E-state index >= 15 is 0 Å². The lowest BCUT2D eigenvalue weighted by atomic mass is 10.2. The average Bonchev–Trinajstić information content (AvgIpc) is 2.90. The molecule has 1 saturated heterocycles. The lowest BCUT2D eigenvalue weighted by Gasteiger charge is -2.28. The molecule has 18 heavy (non-hydrogen) atoms. The number of thiophene rings is 1. The summed E-state index contributed by atoms with van der Waals surface area (Å²) in [4.78, 5) is 13.2. The molecule has 1 fully saturated rings. The van der Waals surface area contributed by atoms with Gasteiger partial charge in [-0.15, -0.1) is 11.3 Å². The van der Waals surface area contributed by atoms with Gasteiger partial charge in [-0.05, 0) is 23.3 Å². The second-order valence-corrected chi connectivity index (χ2v) is 4.65. The molecule has 1 aromatic rings. The zero-order valence-electron chi connectivity index (χ0n) is 9.49. The zero-order valence-corrected chi connectivity index (χ0v) is 10.3. The number of halogens is 2. The van der Waals surface area contributed by atoms with Crippen molar-refractivity contribution in [2.45, 2.75) is 5.92 Å². The summed E-state index contributed by atoms with van der Waals surface area (Å²) in [6, 6.07) is 3.35. The van der Waals surface area contributed by atoms with E-state index in [4.69, 9.17) is 4.74 Å². The molecular formula is C12H11F2NO2S. The highest BCUT2D eigenvalue weighted by Gasteiger charge is 2.40. The van der Waals surface area contributed by atoms with Gasteiger partial charge in [0.25, 0.3) is 0 Å². The first-order valence-electron chi connectivity index (χ1n) is 5.41. The number of amides is 1. The van der Waals surface area contributed by atoms with Gasteiger partial charge in [-0.3, -0.25) is 4.79 Å². The molecule has 1 aliphatic heterocycles. The molecule has 0 atom stereocenters. The average molecular weight is 271 g/mol. The Morgan fingerprint density at radius 2 is 2.17 bits per heavy atom. The van der Waals surface area contributed by atoms with Crippen LogP contribution in [0.15, 0.2) is 17.5 Å². The lowest BCUT2D eigenvalue weighted by Crippen LogP contribution is -2.48. The van der Waals surface area contributed by atoms with Gasteiger partial charge in [0.1, 0.15) is 0 Å². The third kappa shape index (κ3) is 3.06. The van der Waals surface area contributed by atoms with Crippen LogP contribution < -0.4 is 0 Å². The molecule has 1 aromatic heterocycles. The summed E-state index contributed by atoms with van der Waals surface area (Å²) in [6.07, 6.45) is 0. The third-order valence-electron chi connectivity index (χ3n) is 2.43. The molecule has 6 heteroatoms. The molecule has 2 heterocycles. The summed E-state index contributed by atoms with van der Waals surface area (Å²) in [5, 5.41) is 1.74. The Morgan fingerprint density at radius 3 is 2.78 bits per heavy atom. The Kier molecular flexibility index (Phi) is 3.94. The molecule has 0 aromatic carbocycles. The predicted molar refractivity (Wildman–Crippen MR) is 63.5 cm³/mol. The Bertz CT molecular complexity index is 470. The monoisotopic (exact) mass is 271 g/mol. The predicted octanol–water partition coefficient (Wildman–Crippen LogP) is 1.59. The van der Waals surface area contributed by atoms with Gasteiger partial charge in [0, 0.05) is 13.1 Å². The van der Waals surface area contributed by atoms with Crippen molar-refractivity contribution in [1.29, 1.82) is 0 Å². The molecule has 1 aliphatic rings. The fraction of sp³-hybridized carbons (Fsp3) is 0.417. The summed E-state index contributed by atoms with van der Waals surface area (Å²) < 4.78 is 32.2. The molecule has 3 nitrogen and oxygen atoms in total. The van der Waals surface area contributed by atoms with Crippen LogP contribution in [0.3, 0.4) is 0 Å². The van der Waals surface area contributed by atoms with E-state index in [1.165, 1.54) is 11.3 Å². The van der Waals surface area contributed by atoms with Gasteiger partial charge in [0.2, 0.25) is 0 Å². The quantitative estimate of drug-likeness (QED) is 0.726. The maximum atomic E-state index is 13.6. The van der Waals surface area contributed by atoms with Crippen molar-refractivity contribution in [2.24, 2.45) is 0 Å². The number of rotatable bonds is 1. The number of morpholine rings is 1. The molecule has 0 unspecified atom stereocenters. The van der Waals surface area contributed by atoms with Crippen LogP contribution in [0.5, 0.6) is 0 Å². The van der Waals surface area contributed by atoms with E-state index in [0.29, 0.717) is 18.1 Å². The van der Waals surface area contributed by atoms with Gasteiger partial charge in [0.05, 0.1) is 18.1 Å². The van der Waals surface area contributed by atoms with E-state index in [2.05, 4.69) is 5.92 Å². The SMILES string of the molecule is O=C(N1CCOCC1)C(F)(F)C#Cc1cccs1. The normalized spacial score (nSPS) is 16.0. The Morgan fingerprint density at radius 1 is 1.44 bits per heavy atom. The summed E-state index contributed by atoms with van der Waals surface area (Å²) in [6.45, 7) is 0.963. The lowest BCUT2D eigenvalue weighted by molar-refractivity contribution is -0.153. The van der Waals surface area contributed by atoms with Crippen molar-refractivity contribution in [3.05, 3.63) is 22.4 Å². The first-order valence-corrected chi connectivity index (χ1v) is 6.29. The van der Waals surface area contributed by atoms with Crippen LogP contribution in [0.1, 0.15) is 4.88 Å². The number of carbonyl (C=O) groups is 1. The minimum atomic E-state index is -3.64. The summed E-state index contributed by atoms with van der Waals surface area (Å²) in [5.41, 5.74) is 0. The highest BCUT2D eigenvalue weighted by molar-refractivity contribution is 7.10. The van der Waals surface area contributed by atoms with Crippen LogP contribution in [0.4, 0.5) is 8.78 Å². The number of alkyl halides is 2. The van der Waals surface area contributed by atoms with Gasteiger partial charge in [-0.1, -0.05) is 6.07 Å². The van der Waals surface area contributed by atoms with Crippen molar-refractivity contribution >= 4 is 17.2 Å². The minimum absolute atomic E-state index is 0.190. The molecule has 96 valence electrons. The first-order chi connectivity index (χ1) is 8.59. The van der Waals surface area contributed by atoms with Crippen LogP contribution in [0, 0.1) is 11.8 Å². The fourth-order valence-electron chi connectivity index (χ4n) is 1.51. The van der Waals surface area contributed by atoms with E-state index in [-0.39, 0.29) is 13.1 Å². The Labute approximate surface area is 107 Å². The van der Waals surface area contributed by atoms with E-state index in [1.54, 1.807) is 23.4 Å². The number of carbonyl (C=O) groups excluding carboxylic acids is 1. The first kappa shape index (κ1) is 13.0. The Balaban J connectivity index is 2.07. The number of nitrogens with zero attached hydrogens (tertiary/aromatic N) is 1. The highest BCUT2D eigenvalue weighted by Crippen LogP contribution is 2.18. The van der Waals surface area contributed by atoms with Gasteiger partial charge in [0.15, 0.2) is 0 Å². The summed E-state index contributed by atoms with van der Waals surface area (Å²) >= 11 is 1.26. The maximum absolute atomic E-state index is 13.6. The molecule has 0 spiro atoms. The fourth-order valence-corrected chi connectivity index (χ4v) is 2.08. The van der Waals surface area contributed by atoms with Crippen LogP contribution in [-0.4, -0.2) is 43.0 Å². The topological polar surface area (TPSA) is 29.5 Å². The second-order valence-electron chi connectivity index (χ2n) is 3.71. The number of hydrogen-bond donors (Lipinski definition) is 0. The van der Waals surface area contributed by atoms with Crippen molar-refractivity contribution in [3.8, 4) is 11.8 Å². The van der Waals surface area contributed by atoms with Crippen molar-refractivity contribution < 1.29 is 18.3 Å². The summed E-state index contributed by atoms with van der Waals surface area (Å²) in [7, 11) is 0. The van der Waals surface area contributed by atoms with E-state index in [9.17, 15) is 13.6 Å². The largest absolute Gasteiger partial charge is 0.385 e.